The Morgan fingerprint density at radius 2 is 2.62 bits per heavy atom. The fourth-order valence-corrected chi connectivity index (χ4v) is 0. The molecule has 0 unspecified atom stereocenters. The molecule has 0 rings (SSSR count). The maximum absolute atomic E-state index is 6.35. The summed E-state index contributed by atoms with van der Waals surface area (Å²) in [5, 5.41) is 2.98. The molecule has 3 N–H and O–H groups in total. The van der Waals surface area contributed by atoms with Crippen molar-refractivity contribution in [3.63, 3.8) is 0 Å². The van der Waals surface area contributed by atoms with Gasteiger partial charge in [0.1, 0.15) is 1.41 Å². The van der Waals surface area contributed by atoms with E-state index in [0.717, 1.165) is 19.4 Å². The highest BCUT2D eigenvalue weighted by Gasteiger charge is 1.55. The van der Waals surface area contributed by atoms with Crippen LogP contribution in [0.1, 0.15) is 26.7 Å². The highest BCUT2D eigenvalue weighted by atomic mass is 14.5. The van der Waals surface area contributed by atoms with Crippen molar-refractivity contribution in [2.45, 2.75) is 26.7 Å². The molecule has 8 heavy (non-hydrogen) atoms. The normalized spacial score (nSPS) is 11.8. The van der Waals surface area contributed by atoms with Crippen LogP contribution in [0.25, 0.3) is 0 Å². The predicted molar refractivity (Wildman–Crippen MR) is 38.4 cm³/mol. The van der Waals surface area contributed by atoms with Crippen LogP contribution in [-0.2, 0) is 0 Å². The third-order valence-corrected chi connectivity index (χ3v) is 0.433. The lowest BCUT2D eigenvalue weighted by Gasteiger charge is -1.70. The van der Waals surface area contributed by atoms with Gasteiger partial charge in [0, 0.05) is 0 Å². The van der Waals surface area contributed by atoms with E-state index < -0.39 is 0 Å². The molecule has 0 fully saturated rings. The molecule has 0 bridgehead atoms. The maximum Gasteiger partial charge on any atom is 0.186 e. The fourth-order valence-electron chi connectivity index (χ4n) is 0. The monoisotopic (exact) mass is 120 g/mol. The van der Waals surface area contributed by atoms with Crippen LogP contribution in [0.5, 0.6) is 0 Å². The van der Waals surface area contributed by atoms with Gasteiger partial charge < -0.3 is 11.1 Å². The van der Waals surface area contributed by atoms with Gasteiger partial charge in [-0.2, -0.15) is 0 Å². The fraction of sp³-hybridized carbons (Fsp3) is 0.833. The Kier molecular flexibility index (Phi) is 11.5. The molecule has 0 heterocycles. The van der Waals surface area contributed by atoms with Crippen molar-refractivity contribution in [3.8, 4) is 0 Å². The van der Waals surface area contributed by atoms with Crippen molar-refractivity contribution in [1.82, 2.24) is 0 Å². The van der Waals surface area contributed by atoms with Gasteiger partial charge in [-0.3, -0.25) is 0 Å². The van der Waals surface area contributed by atoms with E-state index in [1.807, 2.05) is 13.8 Å². The Morgan fingerprint density at radius 3 is 2.62 bits per heavy atom. The summed E-state index contributed by atoms with van der Waals surface area (Å²) in [6.07, 6.45) is 3.45. The second-order valence-electron chi connectivity index (χ2n) is 1.34. The van der Waals surface area contributed by atoms with Crippen LogP contribution in [0, 0.1) is 5.40 Å². The van der Waals surface area contributed by atoms with Crippen LogP contribution in [0.2, 0.25) is 2.82 Å². The summed E-state index contributed by atoms with van der Waals surface area (Å²) in [7, 11) is 0. The molecule has 0 aliphatic heterocycles. The molecule has 0 atom stereocenters. The van der Waals surface area contributed by atoms with Crippen LogP contribution in [-0.4, -0.2) is 12.8 Å². The van der Waals surface area contributed by atoms with E-state index in [9.17, 15) is 0 Å². The molecule has 0 aromatic heterocycles. The molecule has 0 aliphatic carbocycles. The zero-order valence-corrected chi connectivity index (χ0v) is 5.65. The van der Waals surface area contributed by atoms with E-state index in [1.54, 1.807) is 6.21 Å². The summed E-state index contributed by atoms with van der Waals surface area (Å²) in [6, 6.07) is 0. The Balaban J connectivity index is 0. The van der Waals surface area contributed by atoms with Crippen molar-refractivity contribution < 1.29 is 2.82 Å². The Hall–Kier alpha value is -0.370. The highest BCUT2D eigenvalue weighted by molar-refractivity contribution is 5.51. The molecule has 0 amide bonds. The molecular weight excluding hydrogens is 100 g/mol. The smallest absolute Gasteiger partial charge is 0.186 e. The first-order valence-electron chi connectivity index (χ1n) is 3.88. The van der Waals surface area contributed by atoms with Gasteiger partial charge in [0.05, 0.1) is 0 Å². The van der Waals surface area contributed by atoms with Crippen molar-refractivity contribution >= 4 is 6.21 Å². The average molecular weight is 120 g/mol. The first kappa shape index (κ1) is 5.76. The standard InChI is InChI=1S/C3H9N.C3H7N/c2*1-2-3-4/h2-4H2,1H3;3-4H,2H2,1H3/i/hT2. The summed E-state index contributed by atoms with van der Waals surface area (Å²) >= 11 is 0. The third-order valence-electron chi connectivity index (χ3n) is 0.433. The first-order valence-corrected chi connectivity index (χ1v) is 2.93. The SMILES string of the molecule is [3H]N=CCC.[3H]NCCC. The second-order valence-corrected chi connectivity index (χ2v) is 1.34. The summed E-state index contributed by atoms with van der Waals surface area (Å²) < 4.78 is 12.5. The molecular formula is C6H16N2. The predicted octanol–water partition coefficient (Wildman–Crippen LogP) is 1.40. The van der Waals surface area contributed by atoms with Gasteiger partial charge >= 0.3 is 0 Å². The number of nitrogens with one attached hydrogen (secondary N) is 1. The van der Waals surface area contributed by atoms with Crippen molar-refractivity contribution in [1.29, 1.82) is 5.40 Å². The summed E-state index contributed by atoms with van der Waals surface area (Å²) in [5.41, 5.74) is 2.27. The van der Waals surface area contributed by atoms with Gasteiger partial charge in [0.25, 0.3) is 0 Å². The first-order chi connectivity index (χ1) is 4.83. The molecule has 2 nitrogen and oxygen atoms in total. The molecule has 0 aromatic rings. The average Bonchev–Trinajstić information content (AvgIpc) is 1.93. The second kappa shape index (κ2) is 15.9. The molecule has 2 heteroatoms. The minimum Gasteiger partial charge on any atom is -0.330 e. The highest BCUT2D eigenvalue weighted by Crippen LogP contribution is 1.57. The summed E-state index contributed by atoms with van der Waals surface area (Å²) in [5.74, 6) is 0. The van der Waals surface area contributed by atoms with Gasteiger partial charge in [-0.15, -0.1) is 0 Å². The largest absolute Gasteiger partial charge is 0.330 e. The Morgan fingerprint density at radius 1 is 1.88 bits per heavy atom. The van der Waals surface area contributed by atoms with Crippen molar-refractivity contribution in [2.75, 3.05) is 6.54 Å². The minimum absolute atomic E-state index is 0.806. The van der Waals surface area contributed by atoms with Crippen molar-refractivity contribution in [3.05, 3.63) is 0 Å². The van der Waals surface area contributed by atoms with Crippen molar-refractivity contribution in [2.24, 2.45) is 5.73 Å². The van der Waals surface area contributed by atoms with E-state index in [4.69, 9.17) is 2.82 Å². The Labute approximate surface area is 54.5 Å². The molecule has 0 aliphatic rings. The van der Waals surface area contributed by atoms with Crippen LogP contribution < -0.4 is 5.73 Å². The molecule has 50 valence electrons. The third kappa shape index (κ3) is 45.4. The molecule has 0 aromatic carbocycles. The molecule has 0 spiro atoms. The lowest BCUT2D eigenvalue weighted by molar-refractivity contribution is 0.932. The number of nitrogens with two attached hydrogens (primary N) is 1. The summed E-state index contributed by atoms with van der Waals surface area (Å²) in [4.78, 5) is 0. The van der Waals surface area contributed by atoms with Crippen LogP contribution in [0.15, 0.2) is 0 Å². The van der Waals surface area contributed by atoms with Gasteiger partial charge in [-0.25, -0.2) is 0 Å². The molecule has 0 saturated carbocycles. The zero-order valence-electron chi connectivity index (χ0n) is 7.65. The van der Waals surface area contributed by atoms with Gasteiger partial charge in [0.15, 0.2) is 1.41 Å². The molecule has 0 saturated heterocycles. The van der Waals surface area contributed by atoms with Crippen LogP contribution >= 0.6 is 0 Å². The van der Waals surface area contributed by atoms with Gasteiger partial charge in [-0.1, -0.05) is 13.8 Å². The molecule has 0 radical (unpaired) electrons. The number of hydrogen-bond acceptors (Lipinski definition) is 2. The summed E-state index contributed by atoms with van der Waals surface area (Å²) in [6.45, 7) is 4.78. The Bertz CT molecular complexity index is 64.8. The van der Waals surface area contributed by atoms with E-state index in [0.29, 0.717) is 0 Å². The van der Waals surface area contributed by atoms with Gasteiger partial charge in [-0.05, 0) is 25.6 Å². The topological polar surface area (TPSA) is 49.9 Å². The van der Waals surface area contributed by atoms with E-state index >= 15 is 0 Å². The lowest BCUT2D eigenvalue weighted by Crippen LogP contribution is -1.93. The van der Waals surface area contributed by atoms with E-state index in [2.05, 4.69) is 11.1 Å². The quantitative estimate of drug-likeness (QED) is 0.543. The number of hydrogen-bond donors (Lipinski definition) is 2. The zero-order chi connectivity index (χ0) is 8.24. The van der Waals surface area contributed by atoms with Gasteiger partial charge in [0.2, 0.25) is 0 Å². The van der Waals surface area contributed by atoms with Crippen LogP contribution in [0.4, 0.5) is 0 Å². The maximum atomic E-state index is 6.35. The van der Waals surface area contributed by atoms with Crippen LogP contribution in [0.3, 0.4) is 0 Å². The lowest BCUT2D eigenvalue weighted by atomic mass is 10.5. The van der Waals surface area contributed by atoms with E-state index in [1.165, 1.54) is 0 Å². The number of rotatable bonds is 3. The minimum atomic E-state index is 0.806. The van der Waals surface area contributed by atoms with E-state index in [-0.39, 0.29) is 0 Å².